The number of fused-ring (bicyclic) bond motifs is 2. The minimum atomic E-state index is 0.553. The largest absolute Gasteiger partial charge is 0.316 e. The highest BCUT2D eigenvalue weighted by molar-refractivity contribution is 5.29. The molecule has 0 radical (unpaired) electrons. The zero-order chi connectivity index (χ0) is 13.6. The van der Waals surface area contributed by atoms with Gasteiger partial charge in [-0.1, -0.05) is 29.8 Å². The molecule has 1 aromatic rings. The lowest BCUT2D eigenvalue weighted by molar-refractivity contribution is 0.112. The molecule has 2 nitrogen and oxygen atoms in total. The van der Waals surface area contributed by atoms with E-state index < -0.39 is 0 Å². The molecule has 3 aliphatic heterocycles. The van der Waals surface area contributed by atoms with Crippen molar-refractivity contribution in [3.05, 3.63) is 35.4 Å². The van der Waals surface area contributed by atoms with Crippen LogP contribution in [-0.2, 0) is 0 Å². The van der Waals surface area contributed by atoms with Crippen LogP contribution in [0.1, 0.15) is 42.7 Å². The zero-order valence-electron chi connectivity index (χ0n) is 12.6. The normalized spacial score (nSPS) is 37.5. The van der Waals surface area contributed by atoms with E-state index in [9.17, 15) is 0 Å². The first kappa shape index (κ1) is 12.8. The molecule has 20 heavy (non-hydrogen) atoms. The summed E-state index contributed by atoms with van der Waals surface area (Å²) in [5.74, 6) is 0.713. The Morgan fingerprint density at radius 1 is 1.15 bits per heavy atom. The van der Waals surface area contributed by atoms with Crippen molar-refractivity contribution in [1.29, 1.82) is 0 Å². The second-order valence-electron chi connectivity index (χ2n) is 7.09. The van der Waals surface area contributed by atoms with E-state index in [1.54, 1.807) is 5.56 Å². The molecule has 0 aliphatic carbocycles. The van der Waals surface area contributed by atoms with E-state index in [1.165, 1.54) is 57.4 Å². The third kappa shape index (κ3) is 1.85. The van der Waals surface area contributed by atoms with Gasteiger partial charge in [0, 0.05) is 18.5 Å². The molecule has 4 rings (SSSR count). The summed E-state index contributed by atoms with van der Waals surface area (Å²) in [5.41, 5.74) is 3.49. The molecule has 1 spiro atoms. The van der Waals surface area contributed by atoms with Crippen molar-refractivity contribution in [1.82, 2.24) is 10.2 Å². The Hall–Kier alpha value is -0.860. The maximum absolute atomic E-state index is 3.66. The van der Waals surface area contributed by atoms with Gasteiger partial charge in [0.1, 0.15) is 0 Å². The van der Waals surface area contributed by atoms with Crippen LogP contribution in [0.15, 0.2) is 24.3 Å². The lowest BCUT2D eigenvalue weighted by atomic mass is 9.63. The van der Waals surface area contributed by atoms with Gasteiger partial charge in [-0.2, -0.15) is 0 Å². The third-order valence-electron chi connectivity index (χ3n) is 6.18. The molecule has 0 aromatic heterocycles. The van der Waals surface area contributed by atoms with Crippen molar-refractivity contribution in [3.8, 4) is 0 Å². The molecule has 3 atom stereocenters. The Balaban J connectivity index is 1.71. The standard InChI is InChI=1S/C18H26N2/c1-14-4-6-15(7-5-14)16-13-19-10-8-18(16)9-12-20-11-2-3-17(18)20/h4-7,16-17,19H,2-3,8-13H2,1H3. The Morgan fingerprint density at radius 3 is 2.85 bits per heavy atom. The van der Waals surface area contributed by atoms with E-state index in [0.717, 1.165) is 6.04 Å². The maximum atomic E-state index is 3.66. The van der Waals surface area contributed by atoms with Gasteiger partial charge < -0.3 is 5.32 Å². The quantitative estimate of drug-likeness (QED) is 0.844. The van der Waals surface area contributed by atoms with Crippen molar-refractivity contribution >= 4 is 0 Å². The van der Waals surface area contributed by atoms with Crippen molar-refractivity contribution in [3.63, 3.8) is 0 Å². The molecule has 3 heterocycles. The molecule has 3 saturated heterocycles. The number of nitrogens with zero attached hydrogens (tertiary/aromatic N) is 1. The summed E-state index contributed by atoms with van der Waals surface area (Å²) >= 11 is 0. The van der Waals surface area contributed by atoms with Crippen molar-refractivity contribution in [2.75, 3.05) is 26.2 Å². The van der Waals surface area contributed by atoms with Gasteiger partial charge in [-0.25, -0.2) is 0 Å². The van der Waals surface area contributed by atoms with E-state index in [4.69, 9.17) is 0 Å². The molecule has 3 aliphatic rings. The molecule has 0 amide bonds. The predicted molar refractivity (Wildman–Crippen MR) is 83.1 cm³/mol. The van der Waals surface area contributed by atoms with Gasteiger partial charge in [-0.15, -0.1) is 0 Å². The highest BCUT2D eigenvalue weighted by atomic mass is 15.2. The van der Waals surface area contributed by atoms with Crippen molar-refractivity contribution in [2.45, 2.75) is 44.6 Å². The summed E-state index contributed by atoms with van der Waals surface area (Å²) in [4.78, 5) is 2.78. The Labute approximate surface area is 122 Å². The lowest BCUT2D eigenvalue weighted by Crippen LogP contribution is -2.49. The molecular weight excluding hydrogens is 244 g/mol. The lowest BCUT2D eigenvalue weighted by Gasteiger charge is -2.46. The van der Waals surface area contributed by atoms with E-state index in [1.807, 2.05) is 0 Å². The summed E-state index contributed by atoms with van der Waals surface area (Å²) in [6.45, 7) is 7.26. The van der Waals surface area contributed by atoms with Crippen molar-refractivity contribution in [2.24, 2.45) is 5.41 Å². The Kier molecular flexibility index (Phi) is 3.12. The van der Waals surface area contributed by atoms with Crippen LogP contribution in [0.5, 0.6) is 0 Å². The highest BCUT2D eigenvalue weighted by Gasteiger charge is 2.54. The zero-order valence-corrected chi connectivity index (χ0v) is 12.6. The summed E-state index contributed by atoms with van der Waals surface area (Å²) < 4.78 is 0. The average Bonchev–Trinajstić information content (AvgIpc) is 3.06. The molecule has 0 saturated carbocycles. The number of benzene rings is 1. The van der Waals surface area contributed by atoms with Crippen LogP contribution in [0.2, 0.25) is 0 Å². The van der Waals surface area contributed by atoms with Crippen LogP contribution >= 0.6 is 0 Å². The SMILES string of the molecule is Cc1ccc(C2CNCCC23CCN2CCCC23)cc1. The molecule has 1 N–H and O–H groups in total. The Bertz CT molecular complexity index is 477. The van der Waals surface area contributed by atoms with Crippen LogP contribution in [0.4, 0.5) is 0 Å². The molecule has 2 heteroatoms. The molecular formula is C18H26N2. The van der Waals surface area contributed by atoms with Gasteiger partial charge in [-0.05, 0) is 63.2 Å². The van der Waals surface area contributed by atoms with Gasteiger partial charge in [0.25, 0.3) is 0 Å². The summed E-state index contributed by atoms with van der Waals surface area (Å²) in [7, 11) is 0. The van der Waals surface area contributed by atoms with Crippen LogP contribution in [0, 0.1) is 12.3 Å². The monoisotopic (exact) mass is 270 g/mol. The molecule has 3 unspecified atom stereocenters. The molecule has 108 valence electrons. The first-order valence-corrected chi connectivity index (χ1v) is 8.31. The van der Waals surface area contributed by atoms with E-state index in [-0.39, 0.29) is 0 Å². The summed E-state index contributed by atoms with van der Waals surface area (Å²) in [6.07, 6.45) is 5.63. The second-order valence-corrected chi connectivity index (χ2v) is 7.09. The van der Waals surface area contributed by atoms with Gasteiger partial charge in [0.2, 0.25) is 0 Å². The average molecular weight is 270 g/mol. The minimum absolute atomic E-state index is 0.553. The Morgan fingerprint density at radius 2 is 2.00 bits per heavy atom. The fraction of sp³-hybridized carbons (Fsp3) is 0.667. The highest BCUT2D eigenvalue weighted by Crippen LogP contribution is 2.54. The van der Waals surface area contributed by atoms with Crippen LogP contribution in [-0.4, -0.2) is 37.1 Å². The predicted octanol–water partition coefficient (Wildman–Crippen LogP) is 2.93. The fourth-order valence-electron chi connectivity index (χ4n) is 5.15. The third-order valence-corrected chi connectivity index (χ3v) is 6.18. The van der Waals surface area contributed by atoms with Crippen LogP contribution < -0.4 is 5.32 Å². The minimum Gasteiger partial charge on any atom is -0.316 e. The number of piperidine rings is 1. The topological polar surface area (TPSA) is 15.3 Å². The van der Waals surface area contributed by atoms with Gasteiger partial charge in [0.05, 0.1) is 0 Å². The smallest absolute Gasteiger partial charge is 0.0159 e. The van der Waals surface area contributed by atoms with Crippen molar-refractivity contribution < 1.29 is 0 Å². The van der Waals surface area contributed by atoms with Crippen LogP contribution in [0.25, 0.3) is 0 Å². The number of hydrogen-bond donors (Lipinski definition) is 1. The summed E-state index contributed by atoms with van der Waals surface area (Å²) in [6, 6.07) is 10.2. The van der Waals surface area contributed by atoms with E-state index in [2.05, 4.69) is 41.4 Å². The number of nitrogens with one attached hydrogen (secondary N) is 1. The fourth-order valence-corrected chi connectivity index (χ4v) is 5.15. The van der Waals surface area contributed by atoms with Gasteiger partial charge in [0.15, 0.2) is 0 Å². The number of rotatable bonds is 1. The molecule has 3 fully saturated rings. The van der Waals surface area contributed by atoms with Crippen LogP contribution in [0.3, 0.4) is 0 Å². The maximum Gasteiger partial charge on any atom is 0.0159 e. The second kappa shape index (κ2) is 4.85. The van der Waals surface area contributed by atoms with Gasteiger partial charge in [-0.3, -0.25) is 4.90 Å². The first-order valence-electron chi connectivity index (χ1n) is 8.31. The first-order chi connectivity index (χ1) is 9.79. The van der Waals surface area contributed by atoms with E-state index in [0.29, 0.717) is 11.3 Å². The summed E-state index contributed by atoms with van der Waals surface area (Å²) in [5, 5.41) is 3.66. The van der Waals surface area contributed by atoms with Gasteiger partial charge >= 0.3 is 0 Å². The number of hydrogen-bond acceptors (Lipinski definition) is 2. The van der Waals surface area contributed by atoms with E-state index >= 15 is 0 Å². The number of aryl methyl sites for hydroxylation is 1. The molecule has 0 bridgehead atoms. The molecule has 1 aromatic carbocycles.